The maximum atomic E-state index is 14.4. The Morgan fingerprint density at radius 2 is 1.75 bits per heavy atom. The van der Waals surface area contributed by atoms with Gasteiger partial charge >= 0.3 is 0 Å². The van der Waals surface area contributed by atoms with Crippen LogP contribution in [0.1, 0.15) is 10.8 Å². The number of hydrogen-bond donors (Lipinski definition) is 1. The van der Waals surface area contributed by atoms with Crippen molar-refractivity contribution in [2.75, 3.05) is 13.7 Å². The van der Waals surface area contributed by atoms with E-state index in [9.17, 15) is 17.2 Å². The van der Waals surface area contributed by atoms with Crippen LogP contribution in [-0.4, -0.2) is 28.1 Å². The fourth-order valence-electron chi connectivity index (χ4n) is 2.80. The van der Waals surface area contributed by atoms with E-state index >= 15 is 0 Å². The lowest BCUT2D eigenvalue weighted by atomic mass is 10.0. The third-order valence-electron chi connectivity index (χ3n) is 4.00. The van der Waals surface area contributed by atoms with Crippen LogP contribution in [0.15, 0.2) is 41.3 Å². The highest BCUT2D eigenvalue weighted by Crippen LogP contribution is 2.43. The third kappa shape index (κ3) is 2.76. The van der Waals surface area contributed by atoms with E-state index in [0.717, 1.165) is 12.1 Å². The number of ether oxygens (including phenoxy) is 1. The van der Waals surface area contributed by atoms with Gasteiger partial charge in [0.2, 0.25) is 0 Å². The number of fused-ring (bicyclic) bond motifs is 1. The summed E-state index contributed by atoms with van der Waals surface area (Å²) >= 11 is 5.79. The second-order valence-corrected chi connectivity index (χ2v) is 7.90. The van der Waals surface area contributed by atoms with Crippen molar-refractivity contribution in [3.8, 4) is 5.75 Å². The van der Waals surface area contributed by atoms with E-state index in [1.54, 1.807) is 7.05 Å². The summed E-state index contributed by atoms with van der Waals surface area (Å²) in [7, 11) is -2.46. The summed E-state index contributed by atoms with van der Waals surface area (Å²) < 4.78 is 59.7. The van der Waals surface area contributed by atoms with Crippen molar-refractivity contribution in [3.63, 3.8) is 0 Å². The predicted octanol–water partition coefficient (Wildman–Crippen LogP) is 3.11. The molecule has 1 heterocycles. The quantitative estimate of drug-likeness (QED) is 0.898. The molecule has 0 saturated carbocycles. The highest BCUT2D eigenvalue weighted by Gasteiger charge is 2.43. The molecule has 0 unspecified atom stereocenters. The summed E-state index contributed by atoms with van der Waals surface area (Å²) in [5.74, 6) is -1.98. The monoisotopic (exact) mass is 373 g/mol. The van der Waals surface area contributed by atoms with Gasteiger partial charge in [-0.2, -0.15) is 0 Å². The first-order valence-corrected chi connectivity index (χ1v) is 9.06. The van der Waals surface area contributed by atoms with Crippen LogP contribution < -0.4 is 10.1 Å². The minimum Gasteiger partial charge on any atom is -0.488 e. The topological polar surface area (TPSA) is 55.4 Å². The summed E-state index contributed by atoms with van der Waals surface area (Å²) in [6.07, 6.45) is 0. The normalized spacial score (nSPS) is 20.3. The number of rotatable bonds is 3. The number of hydrogen-bond acceptors (Lipinski definition) is 4. The molecule has 0 radical (unpaired) electrons. The van der Waals surface area contributed by atoms with Crippen molar-refractivity contribution in [2.45, 2.75) is 16.2 Å². The largest absolute Gasteiger partial charge is 0.488 e. The number of likely N-dealkylation sites (N-methyl/N-ethyl adjacent to an activating group) is 1. The Morgan fingerprint density at radius 1 is 1.12 bits per heavy atom. The van der Waals surface area contributed by atoms with E-state index in [-0.39, 0.29) is 22.8 Å². The predicted molar refractivity (Wildman–Crippen MR) is 86.1 cm³/mol. The molecule has 3 rings (SSSR count). The highest BCUT2D eigenvalue weighted by molar-refractivity contribution is 7.91. The molecule has 8 heteroatoms. The van der Waals surface area contributed by atoms with Crippen molar-refractivity contribution in [3.05, 3.63) is 58.6 Å². The number of nitrogens with one attached hydrogen (secondary N) is 1. The van der Waals surface area contributed by atoms with Crippen LogP contribution in [0.25, 0.3) is 0 Å². The molecule has 1 N–H and O–H groups in total. The minimum absolute atomic E-state index is 0.0198. The van der Waals surface area contributed by atoms with Crippen molar-refractivity contribution in [1.82, 2.24) is 5.32 Å². The molecule has 0 spiro atoms. The molecular weight excluding hydrogens is 360 g/mol. The van der Waals surface area contributed by atoms with Crippen molar-refractivity contribution >= 4 is 21.4 Å². The van der Waals surface area contributed by atoms with Gasteiger partial charge in [0.05, 0.1) is 16.5 Å². The maximum absolute atomic E-state index is 14.4. The number of sulfone groups is 1. The van der Waals surface area contributed by atoms with Crippen molar-refractivity contribution < 1.29 is 21.9 Å². The molecule has 128 valence electrons. The first-order valence-electron chi connectivity index (χ1n) is 7.13. The summed E-state index contributed by atoms with van der Waals surface area (Å²) in [6, 6.07) is 6.65. The van der Waals surface area contributed by atoms with Gasteiger partial charge in [-0.1, -0.05) is 11.6 Å². The summed E-state index contributed by atoms with van der Waals surface area (Å²) in [5.41, 5.74) is -0.296. The molecule has 1 aliphatic rings. The highest BCUT2D eigenvalue weighted by atomic mass is 35.5. The van der Waals surface area contributed by atoms with Crippen LogP contribution >= 0.6 is 11.6 Å². The van der Waals surface area contributed by atoms with Gasteiger partial charge in [-0.05, 0) is 43.4 Å². The van der Waals surface area contributed by atoms with Crippen LogP contribution in [0.2, 0.25) is 5.02 Å². The van der Waals surface area contributed by atoms with E-state index < -0.39 is 32.8 Å². The summed E-state index contributed by atoms with van der Waals surface area (Å²) in [6.45, 7) is -0.0959. The Labute approximate surface area is 143 Å². The zero-order valence-electron chi connectivity index (χ0n) is 12.6. The van der Waals surface area contributed by atoms with Crippen LogP contribution in [0.4, 0.5) is 8.78 Å². The molecular formula is C16H14ClF2NO3S. The van der Waals surface area contributed by atoms with Gasteiger partial charge in [0.15, 0.2) is 21.4 Å². The van der Waals surface area contributed by atoms with Crippen LogP contribution in [0.3, 0.4) is 0 Å². The zero-order valence-corrected chi connectivity index (χ0v) is 14.2. The molecule has 0 fully saturated rings. The summed E-state index contributed by atoms with van der Waals surface area (Å²) in [5, 5.41) is 1.87. The second kappa shape index (κ2) is 6.31. The Balaban J connectivity index is 2.22. The lowest BCUT2D eigenvalue weighted by molar-refractivity contribution is 0.225. The SMILES string of the molecule is CN[C@H]1COc2c(F)ccc(F)c2[C@@H]1S(=O)(=O)c1ccc(Cl)cc1. The molecule has 0 bridgehead atoms. The molecule has 0 aliphatic carbocycles. The molecule has 0 amide bonds. The van der Waals surface area contributed by atoms with E-state index in [1.807, 2.05) is 0 Å². The van der Waals surface area contributed by atoms with E-state index in [4.69, 9.17) is 16.3 Å². The Morgan fingerprint density at radius 3 is 2.38 bits per heavy atom. The van der Waals surface area contributed by atoms with Crippen molar-refractivity contribution in [1.29, 1.82) is 0 Å². The van der Waals surface area contributed by atoms with Gasteiger partial charge in [-0.3, -0.25) is 0 Å². The van der Waals surface area contributed by atoms with Gasteiger partial charge in [-0.25, -0.2) is 17.2 Å². The average Bonchev–Trinajstić information content (AvgIpc) is 2.57. The van der Waals surface area contributed by atoms with Crippen LogP contribution in [0, 0.1) is 11.6 Å². The van der Waals surface area contributed by atoms with Crippen molar-refractivity contribution in [2.24, 2.45) is 0 Å². The average molecular weight is 374 g/mol. The van der Waals surface area contributed by atoms with Gasteiger partial charge in [0.25, 0.3) is 0 Å². The van der Waals surface area contributed by atoms with E-state index in [0.29, 0.717) is 5.02 Å². The van der Waals surface area contributed by atoms with Gasteiger partial charge in [-0.15, -0.1) is 0 Å². The number of benzene rings is 2. The molecule has 0 aromatic heterocycles. The maximum Gasteiger partial charge on any atom is 0.187 e. The molecule has 2 aromatic rings. The van der Waals surface area contributed by atoms with Gasteiger partial charge in [0, 0.05) is 5.02 Å². The molecule has 2 aromatic carbocycles. The standard InChI is InChI=1S/C16H14ClF2NO3S/c1-20-13-8-23-15-12(19)7-6-11(18)14(15)16(13)24(21,22)10-4-2-9(17)3-5-10/h2-7,13,16,20H,8H2,1H3/t13-,16+/m0/s1. The first kappa shape index (κ1) is 17.1. The molecule has 4 nitrogen and oxygen atoms in total. The van der Waals surface area contributed by atoms with Gasteiger partial charge < -0.3 is 10.1 Å². The third-order valence-corrected chi connectivity index (χ3v) is 6.41. The number of halogens is 3. The van der Waals surface area contributed by atoms with Crippen LogP contribution in [-0.2, 0) is 9.84 Å². The lowest BCUT2D eigenvalue weighted by Crippen LogP contribution is -2.44. The second-order valence-electron chi connectivity index (χ2n) is 5.40. The van der Waals surface area contributed by atoms with E-state index in [2.05, 4.69) is 5.32 Å². The molecule has 1 aliphatic heterocycles. The zero-order chi connectivity index (χ0) is 17.5. The molecule has 0 saturated heterocycles. The molecule has 2 atom stereocenters. The summed E-state index contributed by atoms with van der Waals surface area (Å²) in [4.78, 5) is -0.0198. The fraction of sp³-hybridized carbons (Fsp3) is 0.250. The molecule has 24 heavy (non-hydrogen) atoms. The first-order chi connectivity index (χ1) is 11.4. The Hall–Kier alpha value is -1.70. The Kier molecular flexibility index (Phi) is 4.50. The Bertz CT molecular complexity index is 872. The van der Waals surface area contributed by atoms with E-state index in [1.165, 1.54) is 24.3 Å². The smallest absolute Gasteiger partial charge is 0.187 e. The fourth-order valence-corrected chi connectivity index (χ4v) is 4.91. The minimum atomic E-state index is -4.00. The van der Waals surface area contributed by atoms with Gasteiger partial charge in [0.1, 0.15) is 17.7 Å². The lowest BCUT2D eigenvalue weighted by Gasteiger charge is -2.33. The van der Waals surface area contributed by atoms with Crippen LogP contribution in [0.5, 0.6) is 5.75 Å².